The Morgan fingerprint density at radius 1 is 1.15 bits per heavy atom. The molecule has 2 fully saturated rings. The van der Waals surface area contributed by atoms with Gasteiger partial charge in [-0.15, -0.1) is 0 Å². The minimum Gasteiger partial charge on any atom is -0.356 e. The van der Waals surface area contributed by atoms with E-state index < -0.39 is 0 Å². The van der Waals surface area contributed by atoms with Crippen molar-refractivity contribution in [1.82, 2.24) is 10.2 Å². The van der Waals surface area contributed by atoms with Crippen molar-refractivity contribution < 1.29 is 9.59 Å². The molecule has 1 aliphatic heterocycles. The lowest BCUT2D eigenvalue weighted by atomic mass is 9.96. The van der Waals surface area contributed by atoms with Crippen molar-refractivity contribution in [2.24, 2.45) is 11.8 Å². The Kier molecular flexibility index (Phi) is 6.95. The van der Waals surface area contributed by atoms with Crippen LogP contribution in [0.1, 0.15) is 56.9 Å². The van der Waals surface area contributed by atoms with E-state index in [9.17, 15) is 9.59 Å². The van der Waals surface area contributed by atoms with Gasteiger partial charge in [0.25, 0.3) is 0 Å². The number of halogens is 1. The Labute approximate surface area is 161 Å². The second-order valence-electron chi connectivity index (χ2n) is 7.72. The van der Waals surface area contributed by atoms with Crippen LogP contribution in [0.15, 0.2) is 24.3 Å². The van der Waals surface area contributed by atoms with Crippen LogP contribution in [0, 0.1) is 11.8 Å². The summed E-state index contributed by atoms with van der Waals surface area (Å²) in [4.78, 5) is 26.5. The van der Waals surface area contributed by atoms with Gasteiger partial charge in [-0.25, -0.2) is 0 Å². The van der Waals surface area contributed by atoms with Crippen molar-refractivity contribution in [3.8, 4) is 0 Å². The van der Waals surface area contributed by atoms with Crippen molar-refractivity contribution in [1.29, 1.82) is 0 Å². The first-order valence-electron chi connectivity index (χ1n) is 9.92. The normalized spacial score (nSPS) is 21.2. The van der Waals surface area contributed by atoms with E-state index in [1.165, 1.54) is 32.1 Å². The number of likely N-dealkylation sites (tertiary alicyclic amines) is 1. The van der Waals surface area contributed by atoms with E-state index in [1.807, 2.05) is 24.3 Å². The number of rotatable bonds is 7. The molecule has 0 aromatic heterocycles. The Morgan fingerprint density at radius 2 is 1.88 bits per heavy atom. The Bertz CT molecular complexity index is 611. The zero-order valence-electron chi connectivity index (χ0n) is 15.4. The topological polar surface area (TPSA) is 49.4 Å². The quantitative estimate of drug-likeness (QED) is 0.726. The predicted molar refractivity (Wildman–Crippen MR) is 104 cm³/mol. The largest absolute Gasteiger partial charge is 0.356 e. The average Bonchev–Trinajstić information content (AvgIpc) is 3.16. The third kappa shape index (κ3) is 5.47. The molecule has 0 unspecified atom stereocenters. The molecule has 0 spiro atoms. The molecule has 1 N–H and O–H groups in total. The van der Waals surface area contributed by atoms with Crippen molar-refractivity contribution in [2.45, 2.75) is 57.9 Å². The number of nitrogens with one attached hydrogen (secondary N) is 1. The van der Waals surface area contributed by atoms with Crippen LogP contribution in [0.4, 0.5) is 0 Å². The Hall–Kier alpha value is -1.55. The van der Waals surface area contributed by atoms with Gasteiger partial charge in [0.1, 0.15) is 0 Å². The van der Waals surface area contributed by atoms with Gasteiger partial charge >= 0.3 is 0 Å². The van der Waals surface area contributed by atoms with E-state index in [4.69, 9.17) is 11.6 Å². The van der Waals surface area contributed by atoms with E-state index >= 15 is 0 Å². The lowest BCUT2D eigenvalue weighted by Gasteiger charge is -2.32. The molecule has 2 aliphatic rings. The molecule has 0 bridgehead atoms. The van der Waals surface area contributed by atoms with Crippen molar-refractivity contribution in [3.63, 3.8) is 0 Å². The van der Waals surface area contributed by atoms with Gasteiger partial charge in [-0.3, -0.25) is 9.59 Å². The number of hydrogen-bond acceptors (Lipinski definition) is 2. The summed E-state index contributed by atoms with van der Waals surface area (Å²) in [6.07, 6.45) is 8.87. The fraction of sp³-hybridized carbons (Fsp3) is 0.619. The second-order valence-corrected chi connectivity index (χ2v) is 8.16. The lowest BCUT2D eigenvalue weighted by molar-refractivity contribution is -0.138. The van der Waals surface area contributed by atoms with Gasteiger partial charge in [0.15, 0.2) is 0 Å². The summed E-state index contributed by atoms with van der Waals surface area (Å²) in [7, 11) is 0. The van der Waals surface area contributed by atoms with E-state index in [2.05, 4.69) is 5.32 Å². The van der Waals surface area contributed by atoms with Gasteiger partial charge in [-0.1, -0.05) is 49.4 Å². The second kappa shape index (κ2) is 9.40. The molecule has 1 saturated carbocycles. The maximum atomic E-state index is 12.5. The molecule has 5 heteroatoms. The van der Waals surface area contributed by atoms with Crippen LogP contribution in [0.3, 0.4) is 0 Å². The highest BCUT2D eigenvalue weighted by Crippen LogP contribution is 2.28. The molecule has 1 aromatic rings. The maximum Gasteiger partial charge on any atom is 0.224 e. The van der Waals surface area contributed by atoms with Crippen molar-refractivity contribution in [3.05, 3.63) is 34.9 Å². The number of benzene rings is 1. The third-order valence-electron chi connectivity index (χ3n) is 5.72. The molecule has 1 atom stereocenters. The summed E-state index contributed by atoms with van der Waals surface area (Å²) < 4.78 is 0. The third-order valence-corrected chi connectivity index (χ3v) is 5.97. The summed E-state index contributed by atoms with van der Waals surface area (Å²) in [6.45, 7) is 1.81. The molecule has 4 nitrogen and oxygen atoms in total. The molecule has 0 radical (unpaired) electrons. The predicted octanol–water partition coefficient (Wildman–Crippen LogP) is 4.17. The molecular formula is C21H29ClN2O2. The van der Waals surface area contributed by atoms with Crippen LogP contribution >= 0.6 is 11.6 Å². The minimum absolute atomic E-state index is 0.0912. The summed E-state index contributed by atoms with van der Waals surface area (Å²) >= 11 is 5.92. The van der Waals surface area contributed by atoms with E-state index in [1.54, 1.807) is 4.90 Å². The van der Waals surface area contributed by atoms with Crippen LogP contribution < -0.4 is 5.32 Å². The zero-order valence-corrected chi connectivity index (χ0v) is 16.1. The van der Waals surface area contributed by atoms with Gasteiger partial charge in [-0.2, -0.15) is 0 Å². The van der Waals surface area contributed by atoms with Gasteiger partial charge in [-0.05, 0) is 42.9 Å². The van der Waals surface area contributed by atoms with Crippen molar-refractivity contribution >= 4 is 23.4 Å². The molecule has 1 heterocycles. The Balaban J connectivity index is 1.43. The lowest BCUT2D eigenvalue weighted by Crippen LogP contribution is -2.45. The van der Waals surface area contributed by atoms with Gasteiger partial charge in [0, 0.05) is 31.1 Å². The smallest absolute Gasteiger partial charge is 0.224 e. The summed E-state index contributed by atoms with van der Waals surface area (Å²) in [5.41, 5.74) is 1.04. The number of carbonyl (C=O) groups is 2. The van der Waals surface area contributed by atoms with E-state index in [0.717, 1.165) is 24.4 Å². The van der Waals surface area contributed by atoms with Gasteiger partial charge in [0.2, 0.25) is 11.8 Å². The van der Waals surface area contributed by atoms with Gasteiger partial charge < -0.3 is 10.2 Å². The number of hydrogen-bond donors (Lipinski definition) is 1. The van der Waals surface area contributed by atoms with E-state index in [-0.39, 0.29) is 17.7 Å². The van der Waals surface area contributed by atoms with Gasteiger partial charge in [0.05, 0.1) is 5.92 Å². The molecule has 1 aliphatic carbocycles. The van der Waals surface area contributed by atoms with Crippen LogP contribution in [0.5, 0.6) is 0 Å². The fourth-order valence-corrected chi connectivity index (χ4v) is 4.26. The van der Waals surface area contributed by atoms with E-state index in [0.29, 0.717) is 31.0 Å². The monoisotopic (exact) mass is 376 g/mol. The van der Waals surface area contributed by atoms with Crippen molar-refractivity contribution in [2.75, 3.05) is 13.1 Å². The first-order valence-corrected chi connectivity index (χ1v) is 10.3. The zero-order chi connectivity index (χ0) is 18.4. The molecule has 2 amide bonds. The SMILES string of the molecule is O=C(NCCCC1CCCC1)[C@H]1CCC(=O)N(Cc2ccc(Cl)cc2)C1. The highest BCUT2D eigenvalue weighted by molar-refractivity contribution is 6.30. The number of piperidine rings is 1. The highest BCUT2D eigenvalue weighted by atomic mass is 35.5. The minimum atomic E-state index is -0.0912. The standard InChI is InChI=1S/C21H29ClN2O2/c22-19-10-7-17(8-11-19)14-24-15-18(9-12-20(24)25)21(26)23-13-3-6-16-4-1-2-5-16/h7-8,10-11,16,18H,1-6,9,12-15H2,(H,23,26)/t18-/m0/s1. The van der Waals surface area contributed by atoms with Crippen LogP contribution in [0.2, 0.25) is 5.02 Å². The Morgan fingerprint density at radius 3 is 2.62 bits per heavy atom. The molecule has 142 valence electrons. The summed E-state index contributed by atoms with van der Waals surface area (Å²) in [6, 6.07) is 7.53. The fourth-order valence-electron chi connectivity index (χ4n) is 4.14. The highest BCUT2D eigenvalue weighted by Gasteiger charge is 2.30. The molecule has 1 aromatic carbocycles. The maximum absolute atomic E-state index is 12.5. The number of amides is 2. The van der Waals surface area contributed by atoms with Crippen LogP contribution in [-0.4, -0.2) is 29.8 Å². The number of nitrogens with zero attached hydrogens (tertiary/aromatic N) is 1. The number of carbonyl (C=O) groups excluding carboxylic acids is 2. The van der Waals surface area contributed by atoms with Crippen LogP contribution in [0.25, 0.3) is 0 Å². The molecule has 26 heavy (non-hydrogen) atoms. The summed E-state index contributed by atoms with van der Waals surface area (Å²) in [5.74, 6) is 1.01. The summed E-state index contributed by atoms with van der Waals surface area (Å²) in [5, 5.41) is 3.78. The van der Waals surface area contributed by atoms with Crippen LogP contribution in [-0.2, 0) is 16.1 Å². The first-order chi connectivity index (χ1) is 12.6. The molecule has 3 rings (SSSR count). The first kappa shape index (κ1) is 19.2. The molecular weight excluding hydrogens is 348 g/mol. The average molecular weight is 377 g/mol. The molecule has 1 saturated heterocycles.